The first-order valence-corrected chi connectivity index (χ1v) is 11.2. The first-order valence-electron chi connectivity index (χ1n) is 11.7. The molecule has 5 rings (SSSR count). The fourth-order valence-corrected chi connectivity index (χ4v) is 4.01. The van der Waals surface area contributed by atoms with Gasteiger partial charge in [0.1, 0.15) is 22.8 Å². The highest BCUT2D eigenvalue weighted by molar-refractivity contribution is 6.05. The highest BCUT2D eigenvalue weighted by Crippen LogP contribution is 2.31. The van der Waals surface area contributed by atoms with E-state index >= 15 is 0 Å². The number of aromatic nitrogens is 3. The Morgan fingerprint density at radius 2 is 1.81 bits per heavy atom. The number of ether oxygens (including phenoxy) is 2. The summed E-state index contributed by atoms with van der Waals surface area (Å²) in [6.45, 7) is 1.72. The van der Waals surface area contributed by atoms with Crippen LogP contribution in [0.15, 0.2) is 89.8 Å². The molecule has 0 saturated heterocycles. The number of para-hydroxylation sites is 1. The summed E-state index contributed by atoms with van der Waals surface area (Å²) < 4.78 is 22.8. The van der Waals surface area contributed by atoms with Crippen molar-refractivity contribution in [2.45, 2.75) is 6.92 Å². The van der Waals surface area contributed by atoms with Gasteiger partial charge in [0.25, 0.3) is 11.5 Å². The number of fused-ring (bicyclic) bond motifs is 1. The third-order valence-corrected chi connectivity index (χ3v) is 5.95. The van der Waals surface area contributed by atoms with Crippen LogP contribution >= 0.6 is 0 Å². The van der Waals surface area contributed by atoms with Gasteiger partial charge in [0.2, 0.25) is 0 Å². The summed E-state index contributed by atoms with van der Waals surface area (Å²) in [5.41, 5.74) is 1.88. The van der Waals surface area contributed by atoms with E-state index in [1.54, 1.807) is 68.4 Å². The summed E-state index contributed by atoms with van der Waals surface area (Å²) in [4.78, 5) is 30.6. The highest BCUT2D eigenvalue weighted by Gasteiger charge is 2.22. The van der Waals surface area contributed by atoms with E-state index in [9.17, 15) is 9.59 Å². The van der Waals surface area contributed by atoms with Crippen LogP contribution < -0.4 is 20.3 Å². The van der Waals surface area contributed by atoms with E-state index in [1.807, 2.05) is 30.3 Å². The fraction of sp³-hybridized carbons (Fsp3) is 0.107. The minimum atomic E-state index is -0.546. The van der Waals surface area contributed by atoms with Gasteiger partial charge in [0.15, 0.2) is 0 Å². The largest absolute Gasteiger partial charge is 0.497 e. The molecule has 0 aliphatic rings. The number of hydrogen-bond acceptors (Lipinski definition) is 5. The van der Waals surface area contributed by atoms with Gasteiger partial charge in [-0.2, -0.15) is 0 Å². The maximum absolute atomic E-state index is 13.1. The summed E-state index contributed by atoms with van der Waals surface area (Å²) >= 11 is 0. The molecule has 8 nitrogen and oxygen atoms in total. The third-order valence-electron chi connectivity index (χ3n) is 5.95. The van der Waals surface area contributed by atoms with Crippen LogP contribution in [0.3, 0.4) is 0 Å². The molecule has 0 aliphatic carbocycles. The van der Waals surface area contributed by atoms with Crippen molar-refractivity contribution in [1.29, 1.82) is 0 Å². The van der Waals surface area contributed by atoms with E-state index in [0.717, 1.165) is 5.39 Å². The molecule has 1 amide bonds. The molecular weight excluding hydrogens is 456 g/mol. The summed E-state index contributed by atoms with van der Waals surface area (Å²) in [6.07, 6.45) is 1.62. The van der Waals surface area contributed by atoms with E-state index in [4.69, 9.17) is 10.8 Å². The SMILES string of the molecule is [2H]c1cc(NC(=O)c2c(C)n(C)n(-c3ccccc3)c2=O)ccc1Oc1ccnc2cc(OC)ccc12. The monoisotopic (exact) mass is 481 g/mol. The Bertz CT molecular complexity index is 1690. The molecule has 0 spiro atoms. The van der Waals surface area contributed by atoms with Crippen LogP contribution in [0.5, 0.6) is 17.2 Å². The smallest absolute Gasteiger partial charge is 0.284 e. The molecule has 2 aromatic heterocycles. The van der Waals surface area contributed by atoms with Gasteiger partial charge in [-0.15, -0.1) is 0 Å². The lowest BCUT2D eigenvalue weighted by Crippen LogP contribution is -2.25. The minimum Gasteiger partial charge on any atom is -0.497 e. The molecule has 3 aromatic carbocycles. The summed E-state index contributed by atoms with van der Waals surface area (Å²) in [7, 11) is 3.32. The van der Waals surface area contributed by atoms with Crippen LogP contribution in [0.4, 0.5) is 5.69 Å². The first-order chi connectivity index (χ1) is 17.9. The number of benzene rings is 3. The Labute approximate surface area is 208 Å². The van der Waals surface area contributed by atoms with Crippen molar-refractivity contribution in [1.82, 2.24) is 14.3 Å². The van der Waals surface area contributed by atoms with Crippen molar-refractivity contribution in [2.75, 3.05) is 12.4 Å². The highest BCUT2D eigenvalue weighted by atomic mass is 16.5. The van der Waals surface area contributed by atoms with Crippen molar-refractivity contribution < 1.29 is 15.6 Å². The molecule has 5 aromatic rings. The lowest BCUT2D eigenvalue weighted by molar-refractivity contribution is 0.102. The molecule has 2 heterocycles. The number of nitrogens with one attached hydrogen (secondary N) is 1. The molecule has 0 bridgehead atoms. The Balaban J connectivity index is 1.39. The Morgan fingerprint density at radius 1 is 1.03 bits per heavy atom. The van der Waals surface area contributed by atoms with E-state index in [0.29, 0.717) is 39.8 Å². The molecule has 0 radical (unpaired) electrons. The normalized spacial score (nSPS) is 11.2. The fourth-order valence-electron chi connectivity index (χ4n) is 4.01. The summed E-state index contributed by atoms with van der Waals surface area (Å²) in [5, 5.41) is 3.51. The lowest BCUT2D eigenvalue weighted by Gasteiger charge is -2.10. The molecule has 0 fully saturated rings. The van der Waals surface area contributed by atoms with Gasteiger partial charge < -0.3 is 14.8 Å². The quantitative estimate of drug-likeness (QED) is 0.365. The number of carbonyl (C=O) groups excluding carboxylic acids is 1. The Morgan fingerprint density at radius 3 is 2.56 bits per heavy atom. The molecule has 8 heteroatoms. The average Bonchev–Trinajstić information content (AvgIpc) is 3.13. The number of methoxy groups -OCH3 is 1. The molecular formula is C28H24N4O4. The minimum absolute atomic E-state index is 0.0388. The maximum atomic E-state index is 13.1. The van der Waals surface area contributed by atoms with Crippen LogP contribution in [0.1, 0.15) is 17.4 Å². The summed E-state index contributed by atoms with van der Waals surface area (Å²) in [6, 6.07) is 21.1. The third kappa shape index (κ3) is 4.20. The molecule has 36 heavy (non-hydrogen) atoms. The number of hydrogen-bond donors (Lipinski definition) is 1. The van der Waals surface area contributed by atoms with E-state index in [1.165, 1.54) is 10.7 Å². The van der Waals surface area contributed by atoms with Crippen LogP contribution in [-0.4, -0.2) is 27.4 Å². The van der Waals surface area contributed by atoms with Gasteiger partial charge in [0, 0.05) is 30.4 Å². The van der Waals surface area contributed by atoms with Crippen LogP contribution in [0.2, 0.25) is 0 Å². The van der Waals surface area contributed by atoms with Crippen LogP contribution in [0.25, 0.3) is 16.6 Å². The van der Waals surface area contributed by atoms with Gasteiger partial charge in [-0.25, -0.2) is 4.68 Å². The van der Waals surface area contributed by atoms with Gasteiger partial charge in [-0.3, -0.25) is 19.3 Å². The summed E-state index contributed by atoms with van der Waals surface area (Å²) in [5.74, 6) is 0.987. The van der Waals surface area contributed by atoms with E-state index < -0.39 is 11.5 Å². The number of pyridine rings is 1. The molecule has 1 N–H and O–H groups in total. The molecule has 0 saturated carbocycles. The molecule has 0 aliphatic heterocycles. The number of amides is 1. The predicted octanol–water partition coefficient (Wildman–Crippen LogP) is 5.09. The number of anilines is 1. The first kappa shape index (κ1) is 21.7. The van der Waals surface area contributed by atoms with E-state index in [2.05, 4.69) is 10.3 Å². The van der Waals surface area contributed by atoms with Crippen molar-refractivity contribution in [3.05, 3.63) is 107 Å². The zero-order valence-electron chi connectivity index (χ0n) is 21.0. The van der Waals surface area contributed by atoms with Crippen molar-refractivity contribution >= 4 is 22.5 Å². The van der Waals surface area contributed by atoms with Gasteiger partial charge in [-0.05, 0) is 61.5 Å². The number of nitrogens with zero attached hydrogens (tertiary/aromatic N) is 3. The molecule has 180 valence electrons. The van der Waals surface area contributed by atoms with Crippen molar-refractivity contribution in [3.8, 4) is 22.9 Å². The number of rotatable bonds is 6. The second kappa shape index (κ2) is 9.42. The predicted molar refractivity (Wildman–Crippen MR) is 139 cm³/mol. The van der Waals surface area contributed by atoms with Gasteiger partial charge in [-0.1, -0.05) is 18.2 Å². The molecule has 0 unspecified atom stereocenters. The topological polar surface area (TPSA) is 87.4 Å². The van der Waals surface area contributed by atoms with Crippen molar-refractivity contribution in [2.24, 2.45) is 7.05 Å². The maximum Gasteiger partial charge on any atom is 0.284 e. The Hall–Kier alpha value is -4.85. The van der Waals surface area contributed by atoms with Gasteiger partial charge in [0.05, 0.1) is 25.4 Å². The van der Waals surface area contributed by atoms with E-state index in [-0.39, 0.29) is 11.6 Å². The average molecular weight is 482 g/mol. The van der Waals surface area contributed by atoms with Gasteiger partial charge >= 0.3 is 0 Å². The van der Waals surface area contributed by atoms with Crippen LogP contribution in [-0.2, 0) is 7.05 Å². The lowest BCUT2D eigenvalue weighted by atomic mass is 10.2. The second-order valence-electron chi connectivity index (χ2n) is 8.13. The second-order valence-corrected chi connectivity index (χ2v) is 8.13. The zero-order valence-corrected chi connectivity index (χ0v) is 20.0. The standard InChI is InChI=1S/C28H24N4O4/c1-18-26(28(34)32(31(18)2)20-7-5-4-6-8-20)27(33)30-19-9-11-21(12-10-19)36-25-15-16-29-24-17-22(35-3)13-14-23(24)25/h4-17H,1-3H3,(H,30,33)/i11D. The molecule has 0 atom stereocenters. The van der Waals surface area contributed by atoms with Crippen molar-refractivity contribution in [3.63, 3.8) is 0 Å². The van der Waals surface area contributed by atoms with Crippen LogP contribution in [0, 0.1) is 6.92 Å². The zero-order chi connectivity index (χ0) is 26.1. The Kier molecular flexibility index (Phi) is 5.67. The number of carbonyl (C=O) groups is 1.